The van der Waals surface area contributed by atoms with Gasteiger partial charge in [-0.25, -0.2) is 0 Å². The zero-order chi connectivity index (χ0) is 18.5. The van der Waals surface area contributed by atoms with Crippen molar-refractivity contribution in [2.24, 2.45) is 0 Å². The lowest BCUT2D eigenvalue weighted by atomic mass is 10.00. The van der Waals surface area contributed by atoms with Gasteiger partial charge in [0, 0.05) is 31.6 Å². The number of fused-ring (bicyclic) bond motifs is 1. The van der Waals surface area contributed by atoms with E-state index in [1.54, 1.807) is 4.90 Å². The summed E-state index contributed by atoms with van der Waals surface area (Å²) in [5.74, 6) is -0.0736. The van der Waals surface area contributed by atoms with Crippen molar-refractivity contribution in [2.45, 2.75) is 26.3 Å². The fraction of sp³-hybridized carbons (Fsp3) is 0.333. The number of hydrogen-bond donors (Lipinski definition) is 0. The van der Waals surface area contributed by atoms with Crippen molar-refractivity contribution in [1.82, 2.24) is 9.80 Å². The average Bonchev–Trinajstić information content (AvgIpc) is 2.65. The predicted octanol–water partition coefficient (Wildman–Crippen LogP) is 3.32. The van der Waals surface area contributed by atoms with Crippen molar-refractivity contribution in [3.63, 3.8) is 0 Å². The molecule has 0 unspecified atom stereocenters. The number of amides is 2. The van der Waals surface area contributed by atoms with Crippen LogP contribution in [0, 0.1) is 0 Å². The molecule has 0 N–H and O–H groups in total. The molecule has 1 aliphatic heterocycles. The van der Waals surface area contributed by atoms with Gasteiger partial charge < -0.3 is 9.80 Å². The molecule has 2 amide bonds. The van der Waals surface area contributed by atoms with Crippen molar-refractivity contribution in [1.29, 1.82) is 0 Å². The summed E-state index contributed by atoms with van der Waals surface area (Å²) in [6, 6.07) is 15.8. The Labute approximate surface area is 159 Å². The first-order chi connectivity index (χ1) is 12.5. The van der Waals surface area contributed by atoms with Crippen LogP contribution in [0.2, 0.25) is 5.02 Å². The van der Waals surface area contributed by atoms with Gasteiger partial charge in [0.05, 0.1) is 6.54 Å². The molecule has 1 heterocycles. The van der Waals surface area contributed by atoms with Crippen LogP contribution >= 0.6 is 11.6 Å². The Morgan fingerprint density at radius 1 is 1.08 bits per heavy atom. The van der Waals surface area contributed by atoms with Gasteiger partial charge in [-0.15, -0.1) is 0 Å². The van der Waals surface area contributed by atoms with Gasteiger partial charge in [0.15, 0.2) is 0 Å². The number of carbonyl (C=O) groups is 2. The van der Waals surface area contributed by atoms with Crippen LogP contribution in [-0.2, 0) is 29.0 Å². The average molecular weight is 371 g/mol. The molecule has 2 aromatic carbocycles. The molecule has 136 valence electrons. The van der Waals surface area contributed by atoms with E-state index in [0.717, 1.165) is 12.0 Å². The zero-order valence-corrected chi connectivity index (χ0v) is 15.7. The topological polar surface area (TPSA) is 40.6 Å². The van der Waals surface area contributed by atoms with Crippen LogP contribution in [0.4, 0.5) is 0 Å². The molecular weight excluding hydrogens is 348 g/mol. The molecule has 0 fully saturated rings. The van der Waals surface area contributed by atoms with E-state index < -0.39 is 0 Å². The molecule has 1 aliphatic rings. The molecule has 0 radical (unpaired) electrons. The van der Waals surface area contributed by atoms with Crippen LogP contribution in [0.25, 0.3) is 0 Å². The summed E-state index contributed by atoms with van der Waals surface area (Å²) in [7, 11) is 0. The zero-order valence-electron chi connectivity index (χ0n) is 15.0. The lowest BCUT2D eigenvalue weighted by Crippen LogP contribution is -2.44. The van der Waals surface area contributed by atoms with Crippen molar-refractivity contribution in [3.8, 4) is 0 Å². The smallest absolute Gasteiger partial charge is 0.242 e. The predicted molar refractivity (Wildman–Crippen MR) is 103 cm³/mol. The summed E-state index contributed by atoms with van der Waals surface area (Å²) in [5.41, 5.74) is 3.60. The third kappa shape index (κ3) is 4.64. The maximum absolute atomic E-state index is 12.7. The SMILES string of the molecule is CC(=O)N(CCc1ccc(Cl)cc1)CC(=O)N1CCc2ccccc2C1. The highest BCUT2D eigenvalue weighted by atomic mass is 35.5. The van der Waals surface area contributed by atoms with Gasteiger partial charge in [-0.2, -0.15) is 0 Å². The molecule has 0 saturated heterocycles. The van der Waals surface area contributed by atoms with Crippen molar-refractivity contribution in [3.05, 3.63) is 70.2 Å². The minimum absolute atomic E-state index is 0.00538. The summed E-state index contributed by atoms with van der Waals surface area (Å²) in [6.07, 6.45) is 1.57. The van der Waals surface area contributed by atoms with Crippen LogP contribution in [0.3, 0.4) is 0 Å². The number of benzene rings is 2. The van der Waals surface area contributed by atoms with E-state index in [4.69, 9.17) is 11.6 Å². The number of rotatable bonds is 5. The molecule has 26 heavy (non-hydrogen) atoms. The number of hydrogen-bond acceptors (Lipinski definition) is 2. The minimum Gasteiger partial charge on any atom is -0.336 e. The normalized spacial score (nSPS) is 13.2. The summed E-state index contributed by atoms with van der Waals surface area (Å²) in [4.78, 5) is 28.1. The Morgan fingerprint density at radius 3 is 2.46 bits per heavy atom. The molecule has 0 bridgehead atoms. The molecule has 0 spiro atoms. The largest absolute Gasteiger partial charge is 0.336 e. The van der Waals surface area contributed by atoms with Crippen LogP contribution in [0.1, 0.15) is 23.6 Å². The number of nitrogens with zero attached hydrogens (tertiary/aromatic N) is 2. The Balaban J connectivity index is 1.58. The molecule has 5 heteroatoms. The van der Waals surface area contributed by atoms with Crippen LogP contribution in [0.5, 0.6) is 0 Å². The second-order valence-corrected chi connectivity index (χ2v) is 7.09. The lowest BCUT2D eigenvalue weighted by Gasteiger charge is -2.31. The van der Waals surface area contributed by atoms with E-state index in [2.05, 4.69) is 12.1 Å². The molecule has 4 nitrogen and oxygen atoms in total. The monoisotopic (exact) mass is 370 g/mol. The van der Waals surface area contributed by atoms with E-state index in [0.29, 0.717) is 31.1 Å². The van der Waals surface area contributed by atoms with Crippen molar-refractivity contribution < 1.29 is 9.59 Å². The number of carbonyl (C=O) groups excluding carboxylic acids is 2. The van der Waals surface area contributed by atoms with Gasteiger partial charge in [-0.1, -0.05) is 48.0 Å². The Morgan fingerprint density at radius 2 is 1.77 bits per heavy atom. The second kappa shape index (κ2) is 8.37. The summed E-state index contributed by atoms with van der Waals surface area (Å²) in [6.45, 7) is 3.50. The summed E-state index contributed by atoms with van der Waals surface area (Å²) >= 11 is 5.90. The van der Waals surface area contributed by atoms with Gasteiger partial charge in [0.2, 0.25) is 11.8 Å². The van der Waals surface area contributed by atoms with Gasteiger partial charge >= 0.3 is 0 Å². The van der Waals surface area contributed by atoms with E-state index in [1.165, 1.54) is 18.1 Å². The Kier molecular flexibility index (Phi) is 5.94. The third-order valence-corrected chi connectivity index (χ3v) is 5.09. The minimum atomic E-state index is -0.0790. The number of halogens is 1. The lowest BCUT2D eigenvalue weighted by molar-refractivity contribution is -0.140. The first kappa shape index (κ1) is 18.5. The molecule has 0 aliphatic carbocycles. The third-order valence-electron chi connectivity index (χ3n) is 4.84. The van der Waals surface area contributed by atoms with Crippen LogP contribution in [0.15, 0.2) is 48.5 Å². The Hall–Kier alpha value is -2.33. The van der Waals surface area contributed by atoms with Gasteiger partial charge in [0.25, 0.3) is 0 Å². The fourth-order valence-corrected chi connectivity index (χ4v) is 3.36. The highest BCUT2D eigenvalue weighted by Crippen LogP contribution is 2.18. The van der Waals surface area contributed by atoms with Crippen LogP contribution in [-0.4, -0.2) is 41.2 Å². The highest BCUT2D eigenvalue weighted by molar-refractivity contribution is 6.30. The Bertz CT molecular complexity index is 789. The molecule has 0 aromatic heterocycles. The second-order valence-electron chi connectivity index (χ2n) is 6.65. The quantitative estimate of drug-likeness (QED) is 0.810. The molecular formula is C21H23ClN2O2. The maximum atomic E-state index is 12.7. The molecule has 0 atom stereocenters. The first-order valence-electron chi connectivity index (χ1n) is 8.87. The van der Waals surface area contributed by atoms with Crippen molar-refractivity contribution in [2.75, 3.05) is 19.6 Å². The standard InChI is InChI=1S/C21H23ClN2O2/c1-16(25)23(12-10-17-6-8-20(22)9-7-17)15-21(26)24-13-11-18-4-2-3-5-19(18)14-24/h2-9H,10-15H2,1H3. The summed E-state index contributed by atoms with van der Waals surface area (Å²) < 4.78 is 0. The van der Waals surface area contributed by atoms with E-state index >= 15 is 0 Å². The van der Waals surface area contributed by atoms with Crippen molar-refractivity contribution >= 4 is 23.4 Å². The van der Waals surface area contributed by atoms with Crippen LogP contribution < -0.4 is 0 Å². The maximum Gasteiger partial charge on any atom is 0.242 e. The first-order valence-corrected chi connectivity index (χ1v) is 9.25. The molecule has 2 aromatic rings. The van der Waals surface area contributed by atoms with E-state index in [9.17, 15) is 9.59 Å². The molecule has 0 saturated carbocycles. The highest BCUT2D eigenvalue weighted by Gasteiger charge is 2.23. The van der Waals surface area contributed by atoms with E-state index in [-0.39, 0.29) is 18.4 Å². The summed E-state index contributed by atoms with van der Waals surface area (Å²) in [5, 5.41) is 0.692. The molecule has 3 rings (SSSR count). The van der Waals surface area contributed by atoms with E-state index in [1.807, 2.05) is 41.3 Å². The van der Waals surface area contributed by atoms with Gasteiger partial charge in [0.1, 0.15) is 0 Å². The van der Waals surface area contributed by atoms with Gasteiger partial charge in [-0.3, -0.25) is 9.59 Å². The van der Waals surface area contributed by atoms with Gasteiger partial charge in [-0.05, 0) is 41.7 Å². The fourth-order valence-electron chi connectivity index (χ4n) is 3.23.